The number of phenols is 1. The van der Waals surface area contributed by atoms with E-state index in [0.29, 0.717) is 0 Å². The van der Waals surface area contributed by atoms with E-state index < -0.39 is 0 Å². The topological polar surface area (TPSA) is 23.5 Å². The molecule has 1 aliphatic rings. The summed E-state index contributed by atoms with van der Waals surface area (Å²) in [5.74, 6) is -0.328. The van der Waals surface area contributed by atoms with Crippen LogP contribution in [0.2, 0.25) is 0 Å². The van der Waals surface area contributed by atoms with Crippen LogP contribution in [0.1, 0.15) is 12.8 Å². The molecule has 0 radical (unpaired) electrons. The van der Waals surface area contributed by atoms with Crippen LogP contribution >= 0.6 is 22.6 Å². The van der Waals surface area contributed by atoms with Gasteiger partial charge in [0.15, 0.2) is 0 Å². The summed E-state index contributed by atoms with van der Waals surface area (Å²) in [5.41, 5.74) is 0.782. The first-order valence-electron chi connectivity index (χ1n) is 4.61. The van der Waals surface area contributed by atoms with Crippen LogP contribution in [0.4, 0.5) is 10.1 Å². The number of hydrogen-bond acceptors (Lipinski definition) is 2. The standard InChI is InChI=1S/C10H11FINO/c11-7-5-8(12)10(9(14)6-7)13-3-1-2-4-13/h5-6,14H,1-4H2. The smallest absolute Gasteiger partial charge is 0.142 e. The van der Waals surface area contributed by atoms with E-state index in [4.69, 9.17) is 0 Å². The van der Waals surface area contributed by atoms with Crippen molar-refractivity contribution in [2.75, 3.05) is 18.0 Å². The van der Waals surface area contributed by atoms with E-state index >= 15 is 0 Å². The van der Waals surface area contributed by atoms with Crippen LogP contribution in [0.15, 0.2) is 12.1 Å². The minimum atomic E-state index is -0.380. The Hall–Kier alpha value is -0.520. The van der Waals surface area contributed by atoms with E-state index in [2.05, 4.69) is 27.5 Å². The first-order chi connectivity index (χ1) is 6.68. The molecule has 0 atom stereocenters. The summed E-state index contributed by atoms with van der Waals surface area (Å²) in [6.45, 7) is 1.91. The quantitative estimate of drug-likeness (QED) is 0.807. The molecule has 0 spiro atoms. The highest BCUT2D eigenvalue weighted by atomic mass is 127. The minimum absolute atomic E-state index is 0.0521. The van der Waals surface area contributed by atoms with Gasteiger partial charge in [-0.15, -0.1) is 0 Å². The average molecular weight is 307 g/mol. The molecular weight excluding hydrogens is 296 g/mol. The molecule has 1 aliphatic heterocycles. The number of rotatable bonds is 1. The maximum Gasteiger partial charge on any atom is 0.142 e. The van der Waals surface area contributed by atoms with Gasteiger partial charge in [0.25, 0.3) is 0 Å². The van der Waals surface area contributed by atoms with Gasteiger partial charge in [-0.25, -0.2) is 4.39 Å². The zero-order valence-corrected chi connectivity index (χ0v) is 9.79. The Morgan fingerprint density at radius 1 is 1.29 bits per heavy atom. The van der Waals surface area contributed by atoms with E-state index in [-0.39, 0.29) is 11.6 Å². The second kappa shape index (κ2) is 3.92. The zero-order chi connectivity index (χ0) is 10.1. The predicted molar refractivity (Wildman–Crippen MR) is 62.2 cm³/mol. The van der Waals surface area contributed by atoms with Crippen molar-refractivity contribution >= 4 is 28.3 Å². The number of aromatic hydroxyl groups is 1. The average Bonchev–Trinajstić information content (AvgIpc) is 2.54. The van der Waals surface area contributed by atoms with Crippen molar-refractivity contribution in [3.8, 4) is 5.75 Å². The Labute approximate surface area is 95.9 Å². The van der Waals surface area contributed by atoms with Crippen molar-refractivity contribution in [1.29, 1.82) is 0 Å². The van der Waals surface area contributed by atoms with Crippen LogP contribution in [0, 0.1) is 9.39 Å². The third-order valence-corrected chi connectivity index (χ3v) is 3.25. The molecule has 0 amide bonds. The maximum absolute atomic E-state index is 12.9. The second-order valence-electron chi connectivity index (χ2n) is 3.45. The molecule has 1 fully saturated rings. The zero-order valence-electron chi connectivity index (χ0n) is 7.63. The molecule has 2 nitrogen and oxygen atoms in total. The van der Waals surface area contributed by atoms with Crippen molar-refractivity contribution in [3.63, 3.8) is 0 Å². The molecule has 76 valence electrons. The molecule has 0 saturated carbocycles. The highest BCUT2D eigenvalue weighted by molar-refractivity contribution is 14.1. The molecule has 0 unspecified atom stereocenters. The van der Waals surface area contributed by atoms with Crippen LogP contribution in [0.25, 0.3) is 0 Å². The first kappa shape index (κ1) is 10.0. The lowest BCUT2D eigenvalue weighted by Crippen LogP contribution is -2.18. The lowest BCUT2D eigenvalue weighted by molar-refractivity contribution is 0.468. The van der Waals surface area contributed by atoms with Gasteiger partial charge in [0.05, 0.1) is 5.69 Å². The normalized spacial score (nSPS) is 16.3. The molecule has 14 heavy (non-hydrogen) atoms. The molecule has 4 heteroatoms. The van der Waals surface area contributed by atoms with Gasteiger partial charge in [-0.3, -0.25) is 0 Å². The number of nitrogens with zero attached hydrogens (tertiary/aromatic N) is 1. The van der Waals surface area contributed by atoms with Gasteiger partial charge >= 0.3 is 0 Å². The fourth-order valence-corrected chi connectivity index (χ4v) is 2.72. The van der Waals surface area contributed by atoms with Crippen molar-refractivity contribution in [1.82, 2.24) is 0 Å². The molecule has 1 aromatic rings. The fraction of sp³-hybridized carbons (Fsp3) is 0.400. The Morgan fingerprint density at radius 2 is 1.93 bits per heavy atom. The predicted octanol–water partition coefficient (Wildman–Crippen LogP) is 2.74. The SMILES string of the molecule is Oc1cc(F)cc(I)c1N1CCCC1. The van der Waals surface area contributed by atoms with Gasteiger partial charge in [-0.05, 0) is 41.5 Å². The monoisotopic (exact) mass is 307 g/mol. The maximum atomic E-state index is 12.9. The summed E-state index contributed by atoms with van der Waals surface area (Å²) in [7, 11) is 0. The molecular formula is C10H11FINO. The van der Waals surface area contributed by atoms with E-state index in [0.717, 1.165) is 35.2 Å². The van der Waals surface area contributed by atoms with Crippen molar-refractivity contribution in [3.05, 3.63) is 21.5 Å². The summed E-state index contributed by atoms with van der Waals surface area (Å²) in [5, 5.41) is 9.65. The second-order valence-corrected chi connectivity index (χ2v) is 4.61. The van der Waals surface area contributed by atoms with Gasteiger partial charge < -0.3 is 10.0 Å². The molecule has 1 heterocycles. The number of phenolic OH excluding ortho intramolecular Hbond substituents is 1. The minimum Gasteiger partial charge on any atom is -0.506 e. The van der Waals surface area contributed by atoms with Gasteiger partial charge in [0.1, 0.15) is 11.6 Å². The Bertz CT molecular complexity index is 327. The molecule has 0 bridgehead atoms. The summed E-state index contributed by atoms with van der Waals surface area (Å²) >= 11 is 2.06. The fourth-order valence-electron chi connectivity index (χ4n) is 1.81. The van der Waals surface area contributed by atoms with Crippen LogP contribution in [0.3, 0.4) is 0 Å². The van der Waals surface area contributed by atoms with Crippen molar-refractivity contribution in [2.24, 2.45) is 0 Å². The van der Waals surface area contributed by atoms with Gasteiger partial charge in [-0.2, -0.15) is 0 Å². The van der Waals surface area contributed by atoms with E-state index in [1.165, 1.54) is 12.1 Å². The third-order valence-electron chi connectivity index (χ3n) is 2.43. The molecule has 1 saturated heterocycles. The Balaban J connectivity index is 2.40. The Kier molecular flexibility index (Phi) is 2.80. The lowest BCUT2D eigenvalue weighted by atomic mass is 10.2. The van der Waals surface area contributed by atoms with Crippen LogP contribution in [-0.2, 0) is 0 Å². The van der Waals surface area contributed by atoms with E-state index in [1.807, 2.05) is 0 Å². The molecule has 1 N–H and O–H groups in total. The summed E-state index contributed by atoms with van der Waals surface area (Å²) < 4.78 is 13.7. The lowest BCUT2D eigenvalue weighted by Gasteiger charge is -2.20. The van der Waals surface area contributed by atoms with Gasteiger partial charge in [-0.1, -0.05) is 0 Å². The highest BCUT2D eigenvalue weighted by Gasteiger charge is 2.19. The molecule has 0 aromatic heterocycles. The van der Waals surface area contributed by atoms with Crippen LogP contribution < -0.4 is 4.90 Å². The summed E-state index contributed by atoms with van der Waals surface area (Å²) in [4.78, 5) is 2.11. The number of anilines is 1. The van der Waals surface area contributed by atoms with Gasteiger partial charge in [0.2, 0.25) is 0 Å². The summed E-state index contributed by atoms with van der Waals surface area (Å²) in [6.07, 6.45) is 2.29. The summed E-state index contributed by atoms with van der Waals surface area (Å²) in [6, 6.07) is 2.63. The number of hydrogen-bond donors (Lipinski definition) is 1. The van der Waals surface area contributed by atoms with E-state index in [9.17, 15) is 9.50 Å². The molecule has 1 aromatic carbocycles. The Morgan fingerprint density at radius 3 is 2.50 bits per heavy atom. The number of benzene rings is 1. The first-order valence-corrected chi connectivity index (χ1v) is 5.69. The van der Waals surface area contributed by atoms with Gasteiger partial charge in [0, 0.05) is 22.7 Å². The number of halogens is 2. The third kappa shape index (κ3) is 1.80. The van der Waals surface area contributed by atoms with Crippen molar-refractivity contribution in [2.45, 2.75) is 12.8 Å². The largest absolute Gasteiger partial charge is 0.506 e. The molecule has 2 rings (SSSR count). The molecule has 0 aliphatic carbocycles. The van der Waals surface area contributed by atoms with Crippen LogP contribution in [0.5, 0.6) is 5.75 Å². The van der Waals surface area contributed by atoms with E-state index in [1.54, 1.807) is 0 Å². The van der Waals surface area contributed by atoms with Crippen LogP contribution in [-0.4, -0.2) is 18.2 Å². The van der Waals surface area contributed by atoms with Crippen molar-refractivity contribution < 1.29 is 9.50 Å². The highest BCUT2D eigenvalue weighted by Crippen LogP contribution is 2.35.